The van der Waals surface area contributed by atoms with Crippen LogP contribution in [-0.4, -0.2) is 28.6 Å². The molecular formula is C18H24N2O. The highest BCUT2D eigenvalue weighted by atomic mass is 16.3. The average molecular weight is 284 g/mol. The van der Waals surface area contributed by atoms with Crippen LogP contribution in [0.1, 0.15) is 41.8 Å². The number of nitrogens with zero attached hydrogens (tertiary/aromatic N) is 2. The van der Waals surface area contributed by atoms with Crippen LogP contribution < -0.4 is 0 Å². The Morgan fingerprint density at radius 2 is 1.95 bits per heavy atom. The lowest BCUT2D eigenvalue weighted by molar-refractivity contribution is 0.0778. The summed E-state index contributed by atoms with van der Waals surface area (Å²) < 4.78 is 0. The van der Waals surface area contributed by atoms with Crippen LogP contribution in [0.3, 0.4) is 0 Å². The van der Waals surface area contributed by atoms with Gasteiger partial charge in [0.1, 0.15) is 0 Å². The van der Waals surface area contributed by atoms with Crippen LogP contribution in [0.5, 0.6) is 0 Å². The number of benzene rings is 1. The zero-order chi connectivity index (χ0) is 15.4. The molecule has 3 nitrogen and oxygen atoms in total. The number of pyridine rings is 1. The van der Waals surface area contributed by atoms with Crippen molar-refractivity contribution in [3.63, 3.8) is 0 Å². The number of aromatic nitrogens is 1. The molecule has 0 bridgehead atoms. The molecule has 1 N–H and O–H groups in total. The van der Waals surface area contributed by atoms with E-state index >= 15 is 0 Å². The minimum absolute atomic E-state index is 0.858. The molecule has 2 aromatic rings. The summed E-state index contributed by atoms with van der Waals surface area (Å²) in [5.74, 6) is 0. The standard InChI is InChI=1S/C18H24N2O/c1-11-8-12(2)16-15(9-11)19-14-6-7-20(5)10-13(14)17(16)18(3,4)21/h8-9,21H,6-7,10H2,1-5H3. The Morgan fingerprint density at radius 3 is 2.62 bits per heavy atom. The zero-order valence-corrected chi connectivity index (χ0v) is 13.6. The van der Waals surface area contributed by atoms with Crippen LogP contribution >= 0.6 is 0 Å². The number of rotatable bonds is 1. The molecule has 3 rings (SSSR count). The molecule has 0 atom stereocenters. The average Bonchev–Trinajstić information content (AvgIpc) is 2.35. The van der Waals surface area contributed by atoms with Crippen molar-refractivity contribution in [3.8, 4) is 0 Å². The third-order valence-electron chi connectivity index (χ3n) is 4.38. The third kappa shape index (κ3) is 2.45. The molecule has 0 saturated heterocycles. The van der Waals surface area contributed by atoms with Gasteiger partial charge in [0.25, 0.3) is 0 Å². The van der Waals surface area contributed by atoms with Crippen LogP contribution in [0, 0.1) is 13.8 Å². The molecule has 0 amide bonds. The van der Waals surface area contributed by atoms with Crippen molar-refractivity contribution in [2.24, 2.45) is 0 Å². The van der Waals surface area contributed by atoms with Crippen molar-refractivity contribution >= 4 is 10.9 Å². The molecule has 0 spiro atoms. The molecule has 0 aliphatic carbocycles. The van der Waals surface area contributed by atoms with E-state index in [1.165, 1.54) is 16.7 Å². The zero-order valence-electron chi connectivity index (χ0n) is 13.6. The van der Waals surface area contributed by atoms with Gasteiger partial charge >= 0.3 is 0 Å². The largest absolute Gasteiger partial charge is 0.386 e. The topological polar surface area (TPSA) is 36.4 Å². The molecule has 0 saturated carbocycles. The Bertz CT molecular complexity index is 713. The summed E-state index contributed by atoms with van der Waals surface area (Å²) in [6, 6.07) is 4.31. The van der Waals surface area contributed by atoms with Gasteiger partial charge in [-0.3, -0.25) is 4.98 Å². The predicted octanol–water partition coefficient (Wildman–Crippen LogP) is 3.07. The van der Waals surface area contributed by atoms with E-state index < -0.39 is 5.60 Å². The molecule has 1 aromatic carbocycles. The van der Waals surface area contributed by atoms with E-state index in [1.807, 2.05) is 13.8 Å². The number of fused-ring (bicyclic) bond motifs is 2. The first kappa shape index (κ1) is 14.5. The van der Waals surface area contributed by atoms with Crippen molar-refractivity contribution in [2.45, 2.75) is 46.3 Å². The molecule has 1 aliphatic heterocycles. The lowest BCUT2D eigenvalue weighted by Gasteiger charge is -2.32. The third-order valence-corrected chi connectivity index (χ3v) is 4.38. The van der Waals surface area contributed by atoms with Crippen molar-refractivity contribution < 1.29 is 5.11 Å². The van der Waals surface area contributed by atoms with E-state index in [4.69, 9.17) is 4.98 Å². The fraction of sp³-hybridized carbons (Fsp3) is 0.500. The Morgan fingerprint density at radius 1 is 1.24 bits per heavy atom. The smallest absolute Gasteiger partial charge is 0.0850 e. The van der Waals surface area contributed by atoms with Gasteiger partial charge in [-0.25, -0.2) is 0 Å². The summed E-state index contributed by atoms with van der Waals surface area (Å²) in [6.45, 7) is 9.88. The van der Waals surface area contributed by atoms with Crippen molar-refractivity contribution in [2.75, 3.05) is 13.6 Å². The number of aryl methyl sites for hydroxylation is 2. The number of aliphatic hydroxyl groups is 1. The van der Waals surface area contributed by atoms with Crippen LogP contribution in [0.2, 0.25) is 0 Å². The van der Waals surface area contributed by atoms with Gasteiger partial charge in [-0.1, -0.05) is 6.07 Å². The monoisotopic (exact) mass is 284 g/mol. The van der Waals surface area contributed by atoms with E-state index in [2.05, 4.69) is 37.9 Å². The summed E-state index contributed by atoms with van der Waals surface area (Å²) in [6.07, 6.45) is 0.956. The molecule has 1 aromatic heterocycles. The van der Waals surface area contributed by atoms with E-state index in [9.17, 15) is 5.11 Å². The maximum absolute atomic E-state index is 10.8. The van der Waals surface area contributed by atoms with Gasteiger partial charge in [0.15, 0.2) is 0 Å². The first-order chi connectivity index (χ1) is 9.77. The SMILES string of the molecule is Cc1cc(C)c2c(C(C)(C)O)c3c(nc2c1)CCN(C)C3. The summed E-state index contributed by atoms with van der Waals surface area (Å²) >= 11 is 0. The highest BCUT2D eigenvalue weighted by Gasteiger charge is 2.29. The van der Waals surface area contributed by atoms with Gasteiger partial charge in [-0.05, 0) is 63.1 Å². The number of hydrogen-bond donors (Lipinski definition) is 1. The Hall–Kier alpha value is -1.45. The molecule has 0 unspecified atom stereocenters. The molecule has 21 heavy (non-hydrogen) atoms. The molecule has 1 aliphatic rings. The van der Waals surface area contributed by atoms with Crippen LogP contribution in [0.15, 0.2) is 12.1 Å². The summed E-state index contributed by atoms with van der Waals surface area (Å²) in [7, 11) is 2.13. The Balaban J connectivity index is 2.44. The van der Waals surface area contributed by atoms with Crippen LogP contribution in [0.25, 0.3) is 10.9 Å². The van der Waals surface area contributed by atoms with E-state index in [0.717, 1.165) is 41.7 Å². The lowest BCUT2D eigenvalue weighted by atomic mass is 9.85. The van der Waals surface area contributed by atoms with Gasteiger partial charge in [-0.2, -0.15) is 0 Å². The van der Waals surface area contributed by atoms with E-state index in [0.29, 0.717) is 0 Å². The Labute approximate surface area is 126 Å². The summed E-state index contributed by atoms with van der Waals surface area (Å²) in [4.78, 5) is 7.21. The minimum atomic E-state index is -0.858. The second-order valence-corrected chi connectivity index (χ2v) is 6.93. The lowest BCUT2D eigenvalue weighted by Crippen LogP contribution is -2.31. The van der Waals surface area contributed by atoms with Gasteiger partial charge in [0, 0.05) is 30.6 Å². The Kier molecular flexibility index (Phi) is 3.30. The minimum Gasteiger partial charge on any atom is -0.386 e. The second-order valence-electron chi connectivity index (χ2n) is 6.93. The predicted molar refractivity (Wildman–Crippen MR) is 86.5 cm³/mol. The maximum Gasteiger partial charge on any atom is 0.0850 e. The van der Waals surface area contributed by atoms with E-state index in [1.54, 1.807) is 0 Å². The van der Waals surface area contributed by atoms with Crippen molar-refractivity contribution in [1.82, 2.24) is 9.88 Å². The summed E-state index contributed by atoms with van der Waals surface area (Å²) in [5, 5.41) is 11.9. The van der Waals surface area contributed by atoms with Crippen molar-refractivity contribution in [3.05, 3.63) is 40.1 Å². The fourth-order valence-electron chi connectivity index (χ4n) is 3.56. The molecular weight excluding hydrogens is 260 g/mol. The first-order valence-corrected chi connectivity index (χ1v) is 7.61. The van der Waals surface area contributed by atoms with Crippen molar-refractivity contribution in [1.29, 1.82) is 0 Å². The van der Waals surface area contributed by atoms with Crippen LogP contribution in [-0.2, 0) is 18.6 Å². The maximum atomic E-state index is 10.8. The highest BCUT2D eigenvalue weighted by molar-refractivity contribution is 5.88. The number of hydrogen-bond acceptors (Lipinski definition) is 3. The molecule has 2 heterocycles. The number of likely N-dealkylation sites (N-methyl/N-ethyl adjacent to an activating group) is 1. The molecule has 0 fully saturated rings. The first-order valence-electron chi connectivity index (χ1n) is 7.61. The van der Waals surface area contributed by atoms with Gasteiger partial charge < -0.3 is 10.0 Å². The molecule has 112 valence electrons. The van der Waals surface area contributed by atoms with Crippen LogP contribution in [0.4, 0.5) is 0 Å². The fourth-order valence-corrected chi connectivity index (χ4v) is 3.56. The normalized spacial score (nSPS) is 16.3. The molecule has 0 radical (unpaired) electrons. The highest BCUT2D eigenvalue weighted by Crippen LogP contribution is 2.36. The van der Waals surface area contributed by atoms with E-state index in [-0.39, 0.29) is 0 Å². The quantitative estimate of drug-likeness (QED) is 0.874. The van der Waals surface area contributed by atoms with Gasteiger partial charge in [-0.15, -0.1) is 0 Å². The summed E-state index contributed by atoms with van der Waals surface area (Å²) in [5.41, 5.74) is 6.02. The molecule has 3 heteroatoms. The van der Waals surface area contributed by atoms with Gasteiger partial charge in [0.05, 0.1) is 11.1 Å². The second kappa shape index (κ2) is 4.79. The van der Waals surface area contributed by atoms with Gasteiger partial charge in [0.2, 0.25) is 0 Å².